The zero-order chi connectivity index (χ0) is 13.7. The summed E-state index contributed by atoms with van der Waals surface area (Å²) in [4.78, 5) is 0.429. The first-order valence-electron chi connectivity index (χ1n) is 7.18. The highest BCUT2D eigenvalue weighted by atomic mass is 32.2. The molecule has 0 aromatic heterocycles. The Morgan fingerprint density at radius 2 is 1.89 bits per heavy atom. The molecule has 2 rings (SSSR count). The molecule has 0 heterocycles. The first kappa shape index (κ1) is 14.4. The van der Waals surface area contributed by atoms with Gasteiger partial charge in [0.05, 0.1) is 10.6 Å². The van der Waals surface area contributed by atoms with Crippen LogP contribution < -0.4 is 5.32 Å². The Kier molecular flexibility index (Phi) is 4.86. The summed E-state index contributed by atoms with van der Waals surface area (Å²) in [6.45, 7) is 2.85. The number of hydrogen-bond donors (Lipinski definition) is 1. The first-order valence-corrected chi connectivity index (χ1v) is 8.84. The number of hydrogen-bond acceptors (Lipinski definition) is 3. The van der Waals surface area contributed by atoms with Crippen molar-refractivity contribution in [2.75, 3.05) is 17.6 Å². The van der Waals surface area contributed by atoms with Gasteiger partial charge in [-0.05, 0) is 49.4 Å². The quantitative estimate of drug-likeness (QED) is 0.742. The van der Waals surface area contributed by atoms with Crippen molar-refractivity contribution in [2.45, 2.75) is 43.9 Å². The maximum Gasteiger partial charge on any atom is 0.178 e. The zero-order valence-electron chi connectivity index (χ0n) is 11.6. The Bertz CT molecular complexity index is 489. The zero-order valence-corrected chi connectivity index (χ0v) is 12.4. The average molecular weight is 281 g/mol. The average Bonchev–Trinajstić information content (AvgIpc) is 3.19. The molecule has 1 fully saturated rings. The summed E-state index contributed by atoms with van der Waals surface area (Å²) in [5.41, 5.74) is 1.01. The summed E-state index contributed by atoms with van der Waals surface area (Å²) in [5, 5.41) is 3.34. The van der Waals surface area contributed by atoms with Crippen molar-refractivity contribution in [2.24, 2.45) is 5.92 Å². The lowest BCUT2D eigenvalue weighted by Crippen LogP contribution is -2.06. The molecule has 106 valence electrons. The number of benzene rings is 1. The van der Waals surface area contributed by atoms with Crippen molar-refractivity contribution in [1.82, 2.24) is 0 Å². The molecular weight excluding hydrogens is 258 g/mol. The molecule has 0 unspecified atom stereocenters. The van der Waals surface area contributed by atoms with E-state index in [1.54, 1.807) is 12.1 Å². The van der Waals surface area contributed by atoms with Gasteiger partial charge in [-0.15, -0.1) is 0 Å². The summed E-state index contributed by atoms with van der Waals surface area (Å²) in [5.74, 6) is 1.20. The lowest BCUT2D eigenvalue weighted by atomic mass is 10.2. The van der Waals surface area contributed by atoms with Gasteiger partial charge in [0.2, 0.25) is 0 Å². The fourth-order valence-electron chi connectivity index (χ4n) is 2.20. The van der Waals surface area contributed by atoms with E-state index in [-0.39, 0.29) is 5.75 Å². The normalized spacial score (nSPS) is 15.4. The van der Waals surface area contributed by atoms with E-state index in [0.717, 1.165) is 18.2 Å². The molecule has 0 aliphatic heterocycles. The molecule has 1 aliphatic carbocycles. The second-order valence-electron chi connectivity index (χ2n) is 5.36. The van der Waals surface area contributed by atoms with Gasteiger partial charge < -0.3 is 5.32 Å². The molecule has 1 aliphatic rings. The lowest BCUT2D eigenvalue weighted by Gasteiger charge is -2.07. The van der Waals surface area contributed by atoms with E-state index in [0.29, 0.717) is 11.3 Å². The third kappa shape index (κ3) is 4.53. The third-order valence-electron chi connectivity index (χ3n) is 3.50. The third-order valence-corrected chi connectivity index (χ3v) is 5.44. The molecule has 1 aromatic carbocycles. The van der Waals surface area contributed by atoms with Crippen LogP contribution in [0.2, 0.25) is 0 Å². The van der Waals surface area contributed by atoms with Gasteiger partial charge in [-0.2, -0.15) is 0 Å². The Labute approximate surface area is 116 Å². The minimum Gasteiger partial charge on any atom is -0.385 e. The molecule has 0 spiro atoms. The van der Waals surface area contributed by atoms with Crippen LogP contribution >= 0.6 is 0 Å². The van der Waals surface area contributed by atoms with Gasteiger partial charge >= 0.3 is 0 Å². The van der Waals surface area contributed by atoms with Gasteiger partial charge in [0.15, 0.2) is 9.84 Å². The molecule has 0 saturated heterocycles. The SMILES string of the molecule is CCCS(=O)(=O)c1ccc(NCCCC2CC2)cc1. The van der Waals surface area contributed by atoms with Crippen molar-refractivity contribution < 1.29 is 8.42 Å². The topological polar surface area (TPSA) is 46.2 Å². The van der Waals surface area contributed by atoms with Crippen LogP contribution in [0.5, 0.6) is 0 Å². The molecular formula is C15H23NO2S. The van der Waals surface area contributed by atoms with Gasteiger partial charge in [0.25, 0.3) is 0 Å². The molecule has 4 heteroatoms. The van der Waals surface area contributed by atoms with Gasteiger partial charge in [-0.1, -0.05) is 19.8 Å². The van der Waals surface area contributed by atoms with Crippen LogP contribution in [0, 0.1) is 5.92 Å². The highest BCUT2D eigenvalue weighted by Gasteiger charge is 2.19. The molecule has 0 bridgehead atoms. The van der Waals surface area contributed by atoms with E-state index in [1.807, 2.05) is 19.1 Å². The van der Waals surface area contributed by atoms with Crippen molar-refractivity contribution in [1.29, 1.82) is 0 Å². The maximum absolute atomic E-state index is 11.9. The molecule has 0 atom stereocenters. The van der Waals surface area contributed by atoms with E-state index in [9.17, 15) is 8.42 Å². The van der Waals surface area contributed by atoms with Crippen molar-refractivity contribution in [3.05, 3.63) is 24.3 Å². The molecule has 1 aromatic rings. The number of sulfone groups is 1. The molecule has 19 heavy (non-hydrogen) atoms. The Morgan fingerprint density at radius 1 is 1.21 bits per heavy atom. The van der Waals surface area contributed by atoms with E-state index >= 15 is 0 Å². The van der Waals surface area contributed by atoms with Crippen LogP contribution in [-0.4, -0.2) is 20.7 Å². The summed E-state index contributed by atoms with van der Waals surface area (Å²) >= 11 is 0. The van der Waals surface area contributed by atoms with E-state index in [1.165, 1.54) is 25.7 Å². The number of anilines is 1. The minimum atomic E-state index is -3.08. The maximum atomic E-state index is 11.9. The fourth-order valence-corrected chi connectivity index (χ4v) is 3.52. The number of rotatable bonds is 8. The first-order chi connectivity index (χ1) is 9.12. The highest BCUT2D eigenvalue weighted by molar-refractivity contribution is 7.91. The smallest absolute Gasteiger partial charge is 0.178 e. The number of nitrogens with one attached hydrogen (secondary N) is 1. The second kappa shape index (κ2) is 6.42. The Balaban J connectivity index is 1.83. The van der Waals surface area contributed by atoms with Crippen molar-refractivity contribution >= 4 is 15.5 Å². The Hall–Kier alpha value is -1.03. The largest absolute Gasteiger partial charge is 0.385 e. The summed E-state index contributed by atoms with van der Waals surface area (Å²) in [6.07, 6.45) is 5.98. The van der Waals surface area contributed by atoms with Crippen LogP contribution in [0.4, 0.5) is 5.69 Å². The van der Waals surface area contributed by atoms with Gasteiger partial charge in [0, 0.05) is 12.2 Å². The van der Waals surface area contributed by atoms with Crippen LogP contribution in [0.15, 0.2) is 29.2 Å². The van der Waals surface area contributed by atoms with E-state index in [2.05, 4.69) is 5.32 Å². The summed E-state index contributed by atoms with van der Waals surface area (Å²) in [7, 11) is -3.08. The lowest BCUT2D eigenvalue weighted by molar-refractivity contribution is 0.594. The van der Waals surface area contributed by atoms with Crippen molar-refractivity contribution in [3.63, 3.8) is 0 Å². The second-order valence-corrected chi connectivity index (χ2v) is 7.46. The van der Waals surface area contributed by atoms with E-state index in [4.69, 9.17) is 0 Å². The van der Waals surface area contributed by atoms with Gasteiger partial charge in [-0.3, -0.25) is 0 Å². The van der Waals surface area contributed by atoms with Crippen LogP contribution in [0.25, 0.3) is 0 Å². The summed E-state index contributed by atoms with van der Waals surface area (Å²) < 4.78 is 23.7. The highest BCUT2D eigenvalue weighted by Crippen LogP contribution is 2.33. The van der Waals surface area contributed by atoms with Gasteiger partial charge in [0.1, 0.15) is 0 Å². The molecule has 0 amide bonds. The predicted octanol–water partition coefficient (Wildman–Crippen LogP) is 3.47. The molecule has 1 N–H and O–H groups in total. The molecule has 0 radical (unpaired) electrons. The van der Waals surface area contributed by atoms with E-state index < -0.39 is 9.84 Å². The molecule has 3 nitrogen and oxygen atoms in total. The molecule has 1 saturated carbocycles. The van der Waals surface area contributed by atoms with Crippen LogP contribution in [-0.2, 0) is 9.84 Å². The fraction of sp³-hybridized carbons (Fsp3) is 0.600. The minimum absolute atomic E-state index is 0.223. The Morgan fingerprint density at radius 3 is 2.47 bits per heavy atom. The van der Waals surface area contributed by atoms with Crippen LogP contribution in [0.3, 0.4) is 0 Å². The standard InChI is InChI=1S/C15H23NO2S/c1-2-12-19(17,18)15-9-7-14(8-10-15)16-11-3-4-13-5-6-13/h7-10,13,16H,2-6,11-12H2,1H3. The predicted molar refractivity (Wildman–Crippen MR) is 79.2 cm³/mol. The van der Waals surface area contributed by atoms with Gasteiger partial charge in [-0.25, -0.2) is 8.42 Å². The van der Waals surface area contributed by atoms with Crippen LogP contribution in [0.1, 0.15) is 39.0 Å². The monoisotopic (exact) mass is 281 g/mol. The van der Waals surface area contributed by atoms with Crippen molar-refractivity contribution in [3.8, 4) is 0 Å². The summed E-state index contributed by atoms with van der Waals surface area (Å²) in [6, 6.07) is 7.13.